The SMILES string of the molecule is C=CCCCN(CCN)C(c1ccc(CNNc2ccc(C(N)(c3cccc(C)c3)N(C)CCN)cc2)cc1)c1cccc(C)c1. The number of aryl methyl sites for hydroxylation is 2. The fraction of sp³-hybridized carbons (Fsp3) is 0.333. The molecular formula is C39H53N7. The first kappa shape index (κ1) is 35.0. The molecule has 0 radical (unpaired) electrons. The summed E-state index contributed by atoms with van der Waals surface area (Å²) in [4.78, 5) is 4.62. The third-order valence-electron chi connectivity index (χ3n) is 8.66. The standard InChI is InChI=1S/C39H53N7/c1-5-6-7-24-46(26-23-41)38(34-12-8-10-30(2)27-34)33-16-14-32(15-17-33)29-43-44-37-20-18-35(19-21-37)39(42,45(4)25-22-40)36-13-9-11-31(3)28-36/h5,8-21,27-28,38,43-44H,1,6-7,22-26,29,40-42H2,2-4H3. The molecule has 0 aliphatic heterocycles. The number of likely N-dealkylation sites (N-methyl/N-ethyl adjacent to an activating group) is 1. The Balaban J connectivity index is 1.45. The van der Waals surface area contributed by atoms with Gasteiger partial charge in [0.2, 0.25) is 0 Å². The molecule has 7 nitrogen and oxygen atoms in total. The van der Waals surface area contributed by atoms with E-state index in [1.54, 1.807) is 0 Å². The summed E-state index contributed by atoms with van der Waals surface area (Å²) in [5, 5.41) is 0. The largest absolute Gasteiger partial charge is 0.329 e. The number of nitrogens with zero attached hydrogens (tertiary/aromatic N) is 2. The van der Waals surface area contributed by atoms with Gasteiger partial charge in [-0.25, -0.2) is 5.43 Å². The quantitative estimate of drug-likeness (QED) is 0.0416. The summed E-state index contributed by atoms with van der Waals surface area (Å²) in [5.74, 6) is 0. The monoisotopic (exact) mass is 619 g/mol. The van der Waals surface area contributed by atoms with Crippen LogP contribution in [0.25, 0.3) is 0 Å². The third kappa shape index (κ3) is 8.91. The van der Waals surface area contributed by atoms with Crippen molar-refractivity contribution in [1.29, 1.82) is 0 Å². The zero-order valence-corrected chi connectivity index (χ0v) is 27.9. The predicted octanol–water partition coefficient (Wildman–Crippen LogP) is 5.79. The first-order valence-corrected chi connectivity index (χ1v) is 16.4. The third-order valence-corrected chi connectivity index (χ3v) is 8.66. The van der Waals surface area contributed by atoms with Crippen LogP contribution >= 0.6 is 0 Å². The molecule has 0 heterocycles. The van der Waals surface area contributed by atoms with Gasteiger partial charge < -0.3 is 22.6 Å². The number of allylic oxidation sites excluding steroid dienone is 1. The number of anilines is 1. The molecule has 0 fully saturated rings. The lowest BCUT2D eigenvalue weighted by molar-refractivity contribution is 0.170. The molecular weight excluding hydrogens is 566 g/mol. The second kappa shape index (κ2) is 17.2. The summed E-state index contributed by atoms with van der Waals surface area (Å²) in [7, 11) is 2.02. The molecule has 0 spiro atoms. The van der Waals surface area contributed by atoms with E-state index in [1.165, 1.54) is 27.8 Å². The van der Waals surface area contributed by atoms with Gasteiger partial charge in [-0.1, -0.05) is 102 Å². The zero-order valence-electron chi connectivity index (χ0n) is 27.9. The van der Waals surface area contributed by atoms with Crippen molar-refractivity contribution in [3.63, 3.8) is 0 Å². The molecule has 46 heavy (non-hydrogen) atoms. The fourth-order valence-corrected chi connectivity index (χ4v) is 6.16. The van der Waals surface area contributed by atoms with Crippen LogP contribution in [0.15, 0.2) is 110 Å². The van der Waals surface area contributed by atoms with Crippen LogP contribution in [0.4, 0.5) is 5.69 Å². The van der Waals surface area contributed by atoms with Gasteiger partial charge in [-0.15, -0.1) is 6.58 Å². The number of hydrogen-bond acceptors (Lipinski definition) is 7. The molecule has 4 aromatic carbocycles. The van der Waals surface area contributed by atoms with Gasteiger partial charge in [0.1, 0.15) is 5.66 Å². The summed E-state index contributed by atoms with van der Waals surface area (Å²) in [6.45, 7) is 12.4. The average molecular weight is 620 g/mol. The Labute approximate surface area is 276 Å². The molecule has 0 amide bonds. The molecule has 2 atom stereocenters. The molecule has 0 saturated heterocycles. The van der Waals surface area contributed by atoms with Crippen molar-refractivity contribution in [3.05, 3.63) is 149 Å². The Hall–Kier alpha value is -3.82. The van der Waals surface area contributed by atoms with E-state index in [0.717, 1.165) is 42.7 Å². The van der Waals surface area contributed by atoms with Gasteiger partial charge in [-0.3, -0.25) is 9.80 Å². The van der Waals surface area contributed by atoms with Crippen molar-refractivity contribution in [2.75, 3.05) is 45.2 Å². The summed E-state index contributed by atoms with van der Waals surface area (Å²) in [5.41, 5.74) is 34.3. The first-order valence-electron chi connectivity index (χ1n) is 16.4. The van der Waals surface area contributed by atoms with Crippen LogP contribution in [0.5, 0.6) is 0 Å². The summed E-state index contributed by atoms with van der Waals surface area (Å²) < 4.78 is 0. The maximum absolute atomic E-state index is 7.13. The Morgan fingerprint density at radius 2 is 1.46 bits per heavy atom. The molecule has 0 aliphatic carbocycles. The van der Waals surface area contributed by atoms with Crippen molar-refractivity contribution in [3.8, 4) is 0 Å². The highest BCUT2D eigenvalue weighted by molar-refractivity contribution is 5.48. The minimum Gasteiger partial charge on any atom is -0.329 e. The lowest BCUT2D eigenvalue weighted by atomic mass is 9.89. The highest BCUT2D eigenvalue weighted by atomic mass is 15.3. The van der Waals surface area contributed by atoms with E-state index in [4.69, 9.17) is 17.2 Å². The minimum absolute atomic E-state index is 0.144. The van der Waals surface area contributed by atoms with Crippen molar-refractivity contribution in [1.82, 2.24) is 15.2 Å². The molecule has 7 heteroatoms. The Kier molecular flexibility index (Phi) is 13.1. The fourth-order valence-electron chi connectivity index (χ4n) is 6.16. The number of rotatable bonds is 18. The Bertz CT molecular complexity index is 1500. The molecule has 0 bridgehead atoms. The van der Waals surface area contributed by atoms with Crippen molar-refractivity contribution < 1.29 is 0 Å². The smallest absolute Gasteiger partial charge is 0.121 e. The zero-order chi connectivity index (χ0) is 32.9. The molecule has 4 rings (SSSR count). The van der Waals surface area contributed by atoms with E-state index in [1.807, 2.05) is 13.1 Å². The number of benzene rings is 4. The van der Waals surface area contributed by atoms with Gasteiger partial charge in [-0.2, -0.15) is 0 Å². The van der Waals surface area contributed by atoms with E-state index in [0.29, 0.717) is 26.2 Å². The predicted molar refractivity (Wildman–Crippen MR) is 194 cm³/mol. The molecule has 4 aromatic rings. The molecule has 8 N–H and O–H groups in total. The van der Waals surface area contributed by atoms with E-state index in [9.17, 15) is 0 Å². The van der Waals surface area contributed by atoms with Crippen LogP contribution in [0.3, 0.4) is 0 Å². The lowest BCUT2D eigenvalue weighted by Gasteiger charge is -2.39. The van der Waals surface area contributed by atoms with Gasteiger partial charge in [0.05, 0.1) is 6.04 Å². The van der Waals surface area contributed by atoms with Crippen molar-refractivity contribution in [2.24, 2.45) is 17.2 Å². The summed E-state index contributed by atoms with van der Waals surface area (Å²) in [6, 6.07) is 34.5. The second-order valence-corrected chi connectivity index (χ2v) is 12.2. The van der Waals surface area contributed by atoms with Crippen molar-refractivity contribution in [2.45, 2.75) is 44.9 Å². The van der Waals surface area contributed by atoms with Gasteiger partial charge in [0.15, 0.2) is 0 Å². The average Bonchev–Trinajstić information content (AvgIpc) is 3.06. The van der Waals surface area contributed by atoms with Crippen LogP contribution in [-0.4, -0.2) is 49.6 Å². The maximum Gasteiger partial charge on any atom is 0.121 e. The van der Waals surface area contributed by atoms with E-state index < -0.39 is 5.66 Å². The summed E-state index contributed by atoms with van der Waals surface area (Å²) in [6.07, 6.45) is 4.04. The van der Waals surface area contributed by atoms with Gasteiger partial charge in [-0.05, 0) is 80.2 Å². The molecule has 244 valence electrons. The van der Waals surface area contributed by atoms with Crippen molar-refractivity contribution >= 4 is 5.69 Å². The topological polar surface area (TPSA) is 109 Å². The van der Waals surface area contributed by atoms with Gasteiger partial charge in [0.25, 0.3) is 0 Å². The highest BCUT2D eigenvalue weighted by Crippen LogP contribution is 2.32. The van der Waals surface area contributed by atoms with Crippen LogP contribution < -0.4 is 28.1 Å². The molecule has 0 aliphatic rings. The number of nitrogens with two attached hydrogens (primary N) is 3. The van der Waals surface area contributed by atoms with E-state index >= 15 is 0 Å². The number of hydrazine groups is 1. The highest BCUT2D eigenvalue weighted by Gasteiger charge is 2.34. The molecule has 0 aromatic heterocycles. The normalized spacial score (nSPS) is 13.5. The molecule has 2 unspecified atom stereocenters. The van der Waals surface area contributed by atoms with Gasteiger partial charge in [0, 0.05) is 38.4 Å². The van der Waals surface area contributed by atoms with Crippen LogP contribution in [0, 0.1) is 13.8 Å². The number of hydrogen-bond donors (Lipinski definition) is 5. The van der Waals surface area contributed by atoms with E-state index in [-0.39, 0.29) is 6.04 Å². The first-order chi connectivity index (χ1) is 22.3. The number of nitrogens with one attached hydrogen (secondary N) is 2. The minimum atomic E-state index is -0.791. The Morgan fingerprint density at radius 1 is 0.783 bits per heavy atom. The van der Waals surface area contributed by atoms with E-state index in [2.05, 4.69) is 138 Å². The maximum atomic E-state index is 7.13. The lowest BCUT2D eigenvalue weighted by Crippen LogP contribution is -2.53. The van der Waals surface area contributed by atoms with Crippen LogP contribution in [-0.2, 0) is 12.2 Å². The van der Waals surface area contributed by atoms with Crippen LogP contribution in [0.1, 0.15) is 57.8 Å². The molecule has 0 saturated carbocycles. The summed E-state index contributed by atoms with van der Waals surface area (Å²) >= 11 is 0. The number of unbranched alkanes of at least 4 members (excludes halogenated alkanes) is 1. The Morgan fingerprint density at radius 3 is 2.09 bits per heavy atom. The van der Waals surface area contributed by atoms with Gasteiger partial charge >= 0.3 is 0 Å². The van der Waals surface area contributed by atoms with Crippen LogP contribution in [0.2, 0.25) is 0 Å². The second-order valence-electron chi connectivity index (χ2n) is 12.2.